The number of thiol groups is 1. The van der Waals surface area contributed by atoms with Crippen LogP contribution in [0.3, 0.4) is 0 Å². The fourth-order valence-electron chi connectivity index (χ4n) is 1.82. The van der Waals surface area contributed by atoms with Crippen LogP contribution in [0.4, 0.5) is 0 Å². The van der Waals surface area contributed by atoms with E-state index in [0.717, 1.165) is 11.4 Å². The first-order valence-corrected chi connectivity index (χ1v) is 6.21. The number of hydrogen-bond acceptors (Lipinski definition) is 2. The molecular formula is C13H21NS. The van der Waals surface area contributed by atoms with E-state index in [1.807, 2.05) is 6.07 Å². The Morgan fingerprint density at radius 1 is 1.13 bits per heavy atom. The minimum atomic E-state index is 1.05. The van der Waals surface area contributed by atoms with Gasteiger partial charge in [0.15, 0.2) is 0 Å². The molecule has 1 aromatic rings. The quantitative estimate of drug-likeness (QED) is 0.721. The zero-order valence-electron chi connectivity index (χ0n) is 9.74. The lowest BCUT2D eigenvalue weighted by atomic mass is 10.2. The molecule has 0 heterocycles. The van der Waals surface area contributed by atoms with Crippen molar-refractivity contribution in [2.24, 2.45) is 0 Å². The van der Waals surface area contributed by atoms with Crippen LogP contribution in [-0.2, 0) is 6.54 Å². The van der Waals surface area contributed by atoms with Crippen LogP contribution in [0, 0.1) is 0 Å². The molecule has 84 valence electrons. The van der Waals surface area contributed by atoms with Crippen molar-refractivity contribution in [2.45, 2.75) is 38.1 Å². The van der Waals surface area contributed by atoms with Crippen molar-refractivity contribution in [3.63, 3.8) is 0 Å². The number of rotatable bonds is 6. The average molecular weight is 223 g/mol. The van der Waals surface area contributed by atoms with Gasteiger partial charge in [0.2, 0.25) is 0 Å². The van der Waals surface area contributed by atoms with Gasteiger partial charge in [-0.3, -0.25) is 4.90 Å². The molecule has 0 fully saturated rings. The lowest BCUT2D eigenvalue weighted by Crippen LogP contribution is -2.24. The Bertz CT molecular complexity index is 280. The van der Waals surface area contributed by atoms with E-state index in [0.29, 0.717) is 0 Å². The lowest BCUT2D eigenvalue weighted by molar-refractivity contribution is 0.266. The molecule has 0 radical (unpaired) electrons. The number of nitrogens with zero attached hydrogens (tertiary/aromatic N) is 1. The van der Waals surface area contributed by atoms with Crippen LogP contribution in [0.25, 0.3) is 0 Å². The highest BCUT2D eigenvalue weighted by Gasteiger charge is 2.03. The molecule has 0 aliphatic rings. The van der Waals surface area contributed by atoms with E-state index in [-0.39, 0.29) is 0 Å². The van der Waals surface area contributed by atoms with Gasteiger partial charge in [-0.05, 0) is 43.6 Å². The smallest absolute Gasteiger partial charge is 0.0234 e. The summed E-state index contributed by atoms with van der Waals surface area (Å²) in [5.74, 6) is 0. The Kier molecular flexibility index (Phi) is 5.81. The lowest BCUT2D eigenvalue weighted by Gasteiger charge is -2.21. The summed E-state index contributed by atoms with van der Waals surface area (Å²) in [6, 6.07) is 8.43. The van der Waals surface area contributed by atoms with E-state index in [2.05, 4.69) is 49.6 Å². The highest BCUT2D eigenvalue weighted by Crippen LogP contribution is 2.11. The van der Waals surface area contributed by atoms with Crippen molar-refractivity contribution in [3.8, 4) is 0 Å². The molecule has 0 saturated carbocycles. The molecule has 0 spiro atoms. The Hall–Kier alpha value is -0.470. The predicted octanol–water partition coefficient (Wildman–Crippen LogP) is 3.60. The van der Waals surface area contributed by atoms with E-state index in [9.17, 15) is 0 Å². The van der Waals surface area contributed by atoms with Gasteiger partial charge in [0.05, 0.1) is 0 Å². The van der Waals surface area contributed by atoms with Gasteiger partial charge in [-0.15, -0.1) is 12.6 Å². The van der Waals surface area contributed by atoms with Crippen LogP contribution in [0.2, 0.25) is 0 Å². The van der Waals surface area contributed by atoms with Crippen LogP contribution in [0.15, 0.2) is 29.2 Å². The van der Waals surface area contributed by atoms with Gasteiger partial charge in [-0.1, -0.05) is 26.0 Å². The largest absolute Gasteiger partial charge is 0.299 e. The second-order valence-electron chi connectivity index (χ2n) is 3.95. The molecule has 0 aliphatic heterocycles. The Morgan fingerprint density at radius 2 is 1.80 bits per heavy atom. The predicted molar refractivity (Wildman–Crippen MR) is 69.6 cm³/mol. The zero-order chi connectivity index (χ0) is 11.1. The monoisotopic (exact) mass is 223 g/mol. The summed E-state index contributed by atoms with van der Waals surface area (Å²) >= 11 is 4.36. The first kappa shape index (κ1) is 12.6. The maximum atomic E-state index is 4.36. The molecule has 0 atom stereocenters. The molecule has 0 amide bonds. The average Bonchev–Trinajstić information content (AvgIpc) is 2.18. The maximum absolute atomic E-state index is 4.36. The third kappa shape index (κ3) is 4.72. The Balaban J connectivity index is 2.56. The summed E-state index contributed by atoms with van der Waals surface area (Å²) in [7, 11) is 0. The maximum Gasteiger partial charge on any atom is 0.0234 e. The van der Waals surface area contributed by atoms with Crippen molar-refractivity contribution in [1.82, 2.24) is 4.90 Å². The van der Waals surface area contributed by atoms with E-state index in [1.54, 1.807) is 0 Å². The fraction of sp³-hybridized carbons (Fsp3) is 0.538. The standard InChI is InChI=1S/C13H21NS/c1-3-8-14(9-4-2)11-12-6-5-7-13(15)10-12/h5-7,10,15H,3-4,8-9,11H2,1-2H3. The second kappa shape index (κ2) is 6.91. The first-order chi connectivity index (χ1) is 7.26. The molecule has 15 heavy (non-hydrogen) atoms. The zero-order valence-corrected chi connectivity index (χ0v) is 10.6. The second-order valence-corrected chi connectivity index (χ2v) is 4.46. The van der Waals surface area contributed by atoms with E-state index in [1.165, 1.54) is 31.5 Å². The first-order valence-electron chi connectivity index (χ1n) is 5.76. The number of benzene rings is 1. The molecular weight excluding hydrogens is 202 g/mol. The summed E-state index contributed by atoms with van der Waals surface area (Å²) < 4.78 is 0. The van der Waals surface area contributed by atoms with E-state index >= 15 is 0 Å². The molecule has 1 rings (SSSR count). The summed E-state index contributed by atoms with van der Waals surface area (Å²) in [6.45, 7) is 7.89. The number of hydrogen-bond donors (Lipinski definition) is 1. The van der Waals surface area contributed by atoms with Gasteiger partial charge in [-0.2, -0.15) is 0 Å². The van der Waals surface area contributed by atoms with Crippen molar-refractivity contribution in [2.75, 3.05) is 13.1 Å². The van der Waals surface area contributed by atoms with Gasteiger partial charge in [-0.25, -0.2) is 0 Å². The summed E-state index contributed by atoms with van der Waals surface area (Å²) in [4.78, 5) is 3.56. The van der Waals surface area contributed by atoms with Gasteiger partial charge < -0.3 is 0 Å². The molecule has 0 aromatic heterocycles. The molecule has 0 N–H and O–H groups in total. The highest BCUT2D eigenvalue weighted by molar-refractivity contribution is 7.80. The van der Waals surface area contributed by atoms with Gasteiger partial charge >= 0.3 is 0 Å². The molecule has 1 nitrogen and oxygen atoms in total. The molecule has 0 unspecified atom stereocenters. The van der Waals surface area contributed by atoms with Gasteiger partial charge in [0.1, 0.15) is 0 Å². The third-order valence-corrected chi connectivity index (χ3v) is 2.67. The minimum absolute atomic E-state index is 1.05. The van der Waals surface area contributed by atoms with Gasteiger partial charge in [0.25, 0.3) is 0 Å². The van der Waals surface area contributed by atoms with Crippen molar-refractivity contribution >= 4 is 12.6 Å². The Labute approximate surface area is 98.9 Å². The molecule has 0 bridgehead atoms. The summed E-state index contributed by atoms with van der Waals surface area (Å²) in [5.41, 5.74) is 1.37. The van der Waals surface area contributed by atoms with Crippen LogP contribution in [0.1, 0.15) is 32.3 Å². The molecule has 2 heteroatoms. The van der Waals surface area contributed by atoms with E-state index < -0.39 is 0 Å². The van der Waals surface area contributed by atoms with Crippen molar-refractivity contribution in [1.29, 1.82) is 0 Å². The van der Waals surface area contributed by atoms with E-state index in [4.69, 9.17) is 0 Å². The highest BCUT2D eigenvalue weighted by atomic mass is 32.1. The van der Waals surface area contributed by atoms with Crippen molar-refractivity contribution in [3.05, 3.63) is 29.8 Å². The molecule has 1 aromatic carbocycles. The van der Waals surface area contributed by atoms with Crippen LogP contribution in [0.5, 0.6) is 0 Å². The third-order valence-electron chi connectivity index (χ3n) is 2.40. The molecule has 0 saturated heterocycles. The summed E-state index contributed by atoms with van der Waals surface area (Å²) in [6.07, 6.45) is 2.45. The van der Waals surface area contributed by atoms with Crippen LogP contribution >= 0.6 is 12.6 Å². The fourth-order valence-corrected chi connectivity index (χ4v) is 2.07. The normalized spacial score (nSPS) is 10.9. The van der Waals surface area contributed by atoms with Crippen molar-refractivity contribution < 1.29 is 0 Å². The SMILES string of the molecule is CCCN(CCC)Cc1cccc(S)c1. The van der Waals surface area contributed by atoms with Crippen LogP contribution in [-0.4, -0.2) is 18.0 Å². The minimum Gasteiger partial charge on any atom is -0.299 e. The van der Waals surface area contributed by atoms with Crippen LogP contribution < -0.4 is 0 Å². The Morgan fingerprint density at radius 3 is 2.33 bits per heavy atom. The summed E-state index contributed by atoms with van der Waals surface area (Å²) in [5, 5.41) is 0. The van der Waals surface area contributed by atoms with Gasteiger partial charge in [0, 0.05) is 11.4 Å². The molecule has 0 aliphatic carbocycles. The topological polar surface area (TPSA) is 3.24 Å².